The van der Waals surface area contributed by atoms with Gasteiger partial charge in [-0.25, -0.2) is 4.98 Å². The molecular weight excluding hydrogens is 388 g/mol. The number of benzene rings is 2. The molecule has 3 atom stereocenters. The predicted molar refractivity (Wildman–Crippen MR) is 115 cm³/mol. The van der Waals surface area contributed by atoms with Crippen molar-refractivity contribution in [1.29, 1.82) is 0 Å². The van der Waals surface area contributed by atoms with Gasteiger partial charge in [0.15, 0.2) is 5.13 Å². The Balaban J connectivity index is 1.83. The number of rotatable bonds is 9. The number of carboxylic acid groups (broad SMARTS) is 1. The second kappa shape index (κ2) is 9.51. The summed E-state index contributed by atoms with van der Waals surface area (Å²) in [6, 6.07) is 15.7. The van der Waals surface area contributed by atoms with Gasteiger partial charge in [-0.1, -0.05) is 42.5 Å². The van der Waals surface area contributed by atoms with E-state index in [1.807, 2.05) is 30.3 Å². The molecule has 29 heavy (non-hydrogen) atoms. The molecule has 0 saturated carbocycles. The molecule has 0 fully saturated rings. The van der Waals surface area contributed by atoms with Gasteiger partial charge < -0.3 is 27.0 Å². The summed E-state index contributed by atoms with van der Waals surface area (Å²) in [7, 11) is 0. The number of aliphatic hydroxyl groups excluding tert-OH is 1. The van der Waals surface area contributed by atoms with Crippen LogP contribution < -0.4 is 16.8 Å². The van der Waals surface area contributed by atoms with Crippen LogP contribution in [0.5, 0.6) is 0 Å². The second-order valence-electron chi connectivity index (χ2n) is 6.75. The monoisotopic (exact) mass is 412 g/mol. The van der Waals surface area contributed by atoms with Crippen molar-refractivity contribution in [3.63, 3.8) is 0 Å². The highest BCUT2D eigenvalue weighted by Crippen LogP contribution is 2.31. The Kier molecular flexibility index (Phi) is 6.82. The number of hydrogen-bond acceptors (Lipinski definition) is 7. The molecule has 8 heteroatoms. The number of aliphatic carboxylic acids is 1. The molecule has 2 aromatic carbocycles. The lowest BCUT2D eigenvalue weighted by Gasteiger charge is -2.29. The number of anilines is 2. The smallest absolute Gasteiger partial charge is 0.314 e. The summed E-state index contributed by atoms with van der Waals surface area (Å²) in [5, 5.41) is 26.1. The zero-order chi connectivity index (χ0) is 20.8. The van der Waals surface area contributed by atoms with Gasteiger partial charge in [0.2, 0.25) is 0 Å². The highest BCUT2D eigenvalue weighted by molar-refractivity contribution is 7.13. The molecule has 7 N–H and O–H groups in total. The van der Waals surface area contributed by atoms with Gasteiger partial charge in [0, 0.05) is 11.1 Å². The molecule has 7 nitrogen and oxygen atoms in total. The minimum absolute atomic E-state index is 0.293. The van der Waals surface area contributed by atoms with E-state index in [2.05, 4.69) is 10.3 Å². The predicted octanol–water partition coefficient (Wildman–Crippen LogP) is 2.41. The fourth-order valence-electron chi connectivity index (χ4n) is 3.24. The molecule has 3 rings (SSSR count). The van der Waals surface area contributed by atoms with Crippen LogP contribution in [0, 0.1) is 0 Å². The van der Waals surface area contributed by atoms with Gasteiger partial charge in [-0.15, -0.1) is 11.3 Å². The number of nitrogens with zero attached hydrogens (tertiary/aromatic N) is 1. The third-order valence-corrected chi connectivity index (χ3v) is 5.43. The Hall–Kier alpha value is -2.94. The van der Waals surface area contributed by atoms with Crippen LogP contribution in [0.1, 0.15) is 28.8 Å². The van der Waals surface area contributed by atoms with Crippen molar-refractivity contribution in [1.82, 2.24) is 10.3 Å². The molecule has 0 amide bonds. The lowest BCUT2D eigenvalue weighted by atomic mass is 9.88. The van der Waals surface area contributed by atoms with Crippen LogP contribution in [0.4, 0.5) is 10.8 Å². The Morgan fingerprint density at radius 2 is 1.79 bits per heavy atom. The maximum absolute atomic E-state index is 12.1. The number of carbonyl (C=O) groups is 1. The molecule has 0 aliphatic heterocycles. The summed E-state index contributed by atoms with van der Waals surface area (Å²) >= 11 is 1.18. The SMILES string of the molecule is Nc1ccc(CCNC(C(O)c2ccccc2)C(C(=O)O)c2csc(N)n2)cc1. The molecule has 1 aromatic heterocycles. The van der Waals surface area contributed by atoms with Gasteiger partial charge in [0.25, 0.3) is 0 Å². The number of nitrogens with one attached hydrogen (secondary N) is 1. The Morgan fingerprint density at radius 1 is 1.10 bits per heavy atom. The van der Waals surface area contributed by atoms with Gasteiger partial charge >= 0.3 is 5.97 Å². The maximum atomic E-state index is 12.1. The fraction of sp³-hybridized carbons (Fsp3) is 0.238. The van der Waals surface area contributed by atoms with Crippen LogP contribution in [0.3, 0.4) is 0 Å². The van der Waals surface area contributed by atoms with E-state index >= 15 is 0 Å². The Bertz CT molecular complexity index is 931. The first-order chi connectivity index (χ1) is 14.0. The van der Waals surface area contributed by atoms with Crippen LogP contribution >= 0.6 is 11.3 Å². The largest absolute Gasteiger partial charge is 0.481 e. The van der Waals surface area contributed by atoms with E-state index in [0.717, 1.165) is 5.56 Å². The van der Waals surface area contributed by atoms with E-state index in [0.29, 0.717) is 35.0 Å². The number of nitrogen functional groups attached to an aromatic ring is 2. The number of hydrogen-bond donors (Lipinski definition) is 5. The van der Waals surface area contributed by atoms with Crippen molar-refractivity contribution < 1.29 is 15.0 Å². The highest BCUT2D eigenvalue weighted by Gasteiger charge is 2.36. The van der Waals surface area contributed by atoms with E-state index in [-0.39, 0.29) is 0 Å². The first kappa shape index (κ1) is 20.8. The standard InChI is InChI=1S/C21H24N4O3S/c22-15-8-6-13(7-9-15)10-11-24-18(19(26)14-4-2-1-3-5-14)17(20(27)28)16-12-29-21(23)25-16/h1-9,12,17-19,24,26H,10-11,22H2,(H2,23,25)(H,27,28). The molecule has 0 spiro atoms. The lowest BCUT2D eigenvalue weighted by molar-refractivity contribution is -0.140. The van der Waals surface area contributed by atoms with Gasteiger partial charge in [0.1, 0.15) is 5.92 Å². The Labute approximate surface area is 173 Å². The van der Waals surface area contributed by atoms with Crippen LogP contribution in [0.25, 0.3) is 0 Å². The first-order valence-electron chi connectivity index (χ1n) is 9.20. The quantitative estimate of drug-likeness (QED) is 0.341. The van der Waals surface area contributed by atoms with E-state index in [9.17, 15) is 15.0 Å². The summed E-state index contributed by atoms with van der Waals surface area (Å²) in [6.07, 6.45) is -0.379. The molecule has 3 aromatic rings. The van der Waals surface area contributed by atoms with Gasteiger partial charge in [-0.2, -0.15) is 0 Å². The highest BCUT2D eigenvalue weighted by atomic mass is 32.1. The minimum atomic E-state index is -1.07. The number of thiazole rings is 1. The minimum Gasteiger partial charge on any atom is -0.481 e. The van der Waals surface area contributed by atoms with Crippen molar-refractivity contribution >= 4 is 28.1 Å². The lowest BCUT2D eigenvalue weighted by Crippen LogP contribution is -2.44. The third-order valence-electron chi connectivity index (χ3n) is 4.74. The summed E-state index contributed by atoms with van der Waals surface area (Å²) in [6.45, 7) is 0.474. The number of aliphatic hydroxyl groups is 1. The van der Waals surface area contributed by atoms with Gasteiger partial charge in [0.05, 0.1) is 17.8 Å². The van der Waals surface area contributed by atoms with Crippen LogP contribution in [-0.4, -0.2) is 33.8 Å². The summed E-state index contributed by atoms with van der Waals surface area (Å²) in [4.78, 5) is 16.3. The summed E-state index contributed by atoms with van der Waals surface area (Å²) < 4.78 is 0. The Morgan fingerprint density at radius 3 is 2.38 bits per heavy atom. The average molecular weight is 413 g/mol. The number of nitrogens with two attached hydrogens (primary N) is 2. The fourth-order valence-corrected chi connectivity index (χ4v) is 3.84. The van der Waals surface area contributed by atoms with Gasteiger partial charge in [-0.3, -0.25) is 4.79 Å². The molecule has 0 bridgehead atoms. The third kappa shape index (κ3) is 5.32. The van der Waals surface area contributed by atoms with Crippen molar-refractivity contribution in [3.05, 3.63) is 76.8 Å². The zero-order valence-corrected chi connectivity index (χ0v) is 16.5. The van der Waals surface area contributed by atoms with Crippen LogP contribution in [0.15, 0.2) is 60.0 Å². The molecular formula is C21H24N4O3S. The molecule has 1 heterocycles. The van der Waals surface area contributed by atoms with E-state index in [1.165, 1.54) is 11.3 Å². The van der Waals surface area contributed by atoms with Crippen LogP contribution in [0.2, 0.25) is 0 Å². The normalized spacial score (nSPS) is 14.2. The average Bonchev–Trinajstić information content (AvgIpc) is 3.14. The number of aromatic nitrogens is 1. The van der Waals surface area contributed by atoms with E-state index in [4.69, 9.17) is 11.5 Å². The maximum Gasteiger partial charge on any atom is 0.314 e. The molecule has 3 unspecified atom stereocenters. The summed E-state index contributed by atoms with van der Waals surface area (Å²) in [5.41, 5.74) is 14.1. The van der Waals surface area contributed by atoms with Crippen molar-refractivity contribution in [3.8, 4) is 0 Å². The van der Waals surface area contributed by atoms with Crippen LogP contribution in [-0.2, 0) is 11.2 Å². The molecule has 152 valence electrons. The molecule has 0 radical (unpaired) electrons. The molecule has 0 saturated heterocycles. The van der Waals surface area contributed by atoms with Crippen molar-refractivity contribution in [2.45, 2.75) is 24.5 Å². The van der Waals surface area contributed by atoms with E-state index in [1.54, 1.807) is 29.6 Å². The molecule has 0 aliphatic carbocycles. The van der Waals surface area contributed by atoms with Crippen molar-refractivity contribution in [2.24, 2.45) is 0 Å². The summed E-state index contributed by atoms with van der Waals surface area (Å²) in [5.74, 6) is -2.12. The van der Waals surface area contributed by atoms with E-state index < -0.39 is 24.0 Å². The van der Waals surface area contributed by atoms with Crippen molar-refractivity contribution in [2.75, 3.05) is 18.0 Å². The van der Waals surface area contributed by atoms with Gasteiger partial charge in [-0.05, 0) is 36.2 Å². The topological polar surface area (TPSA) is 134 Å². The first-order valence-corrected chi connectivity index (χ1v) is 10.1. The zero-order valence-electron chi connectivity index (χ0n) is 15.7. The second-order valence-corrected chi connectivity index (χ2v) is 7.64. The molecule has 0 aliphatic rings. The number of carboxylic acids is 1.